The molecule has 1 atom stereocenters. The van der Waals surface area contributed by atoms with E-state index >= 15 is 0 Å². The molecule has 0 aliphatic carbocycles. The van der Waals surface area contributed by atoms with Gasteiger partial charge in [-0.1, -0.05) is 0 Å². The number of nitrogen functional groups attached to an aromatic ring is 1. The minimum absolute atomic E-state index is 0.0553. The first kappa shape index (κ1) is 17.3. The van der Waals surface area contributed by atoms with Crippen molar-refractivity contribution in [1.29, 1.82) is 0 Å². The van der Waals surface area contributed by atoms with Gasteiger partial charge in [0.2, 0.25) is 10.0 Å². The number of nitrogens with zero attached hydrogens (tertiary/aromatic N) is 1. The van der Waals surface area contributed by atoms with Crippen molar-refractivity contribution in [1.82, 2.24) is 4.72 Å². The monoisotopic (exact) mass is 318 g/mol. The van der Waals surface area contributed by atoms with Crippen LogP contribution < -0.4 is 16.0 Å². The number of hydrogen-bond acceptors (Lipinski definition) is 7. The van der Waals surface area contributed by atoms with Gasteiger partial charge in [0.25, 0.3) is 5.69 Å². The maximum atomic E-state index is 12.2. The molecule has 0 aromatic heterocycles. The topological polar surface area (TPSA) is 137 Å². The average Bonchev–Trinajstić information content (AvgIpc) is 2.43. The highest BCUT2D eigenvalue weighted by Gasteiger charge is 2.23. The number of rotatable bonds is 8. The normalized spacial score (nSPS) is 12.9. The number of non-ortho nitro benzene ring substituents is 1. The molecule has 0 radical (unpaired) electrons. The van der Waals surface area contributed by atoms with Gasteiger partial charge in [0.15, 0.2) is 0 Å². The molecule has 0 aliphatic rings. The van der Waals surface area contributed by atoms with Gasteiger partial charge in [-0.25, -0.2) is 13.1 Å². The summed E-state index contributed by atoms with van der Waals surface area (Å²) in [5.74, 6) is 5.24. The molecule has 0 spiro atoms. The van der Waals surface area contributed by atoms with Gasteiger partial charge in [-0.05, 0) is 19.9 Å². The van der Waals surface area contributed by atoms with Crippen molar-refractivity contribution in [3.63, 3.8) is 0 Å². The summed E-state index contributed by atoms with van der Waals surface area (Å²) < 4.78 is 32.0. The van der Waals surface area contributed by atoms with Crippen LogP contribution in [0.3, 0.4) is 0 Å². The van der Waals surface area contributed by atoms with Crippen LogP contribution in [0.4, 0.5) is 11.4 Å². The smallest absolute Gasteiger partial charge is 0.271 e. The highest BCUT2D eigenvalue weighted by molar-refractivity contribution is 7.89. The fourth-order valence-electron chi connectivity index (χ4n) is 1.64. The third-order valence-corrected chi connectivity index (χ3v) is 4.19. The van der Waals surface area contributed by atoms with Crippen molar-refractivity contribution in [2.75, 3.05) is 18.6 Å². The van der Waals surface area contributed by atoms with E-state index in [2.05, 4.69) is 10.1 Å². The maximum Gasteiger partial charge on any atom is 0.271 e. The molecule has 1 unspecified atom stereocenters. The summed E-state index contributed by atoms with van der Waals surface area (Å²) in [4.78, 5) is 9.88. The van der Waals surface area contributed by atoms with E-state index in [1.54, 1.807) is 13.8 Å². The van der Waals surface area contributed by atoms with Gasteiger partial charge in [-0.2, -0.15) is 0 Å². The van der Waals surface area contributed by atoms with E-state index in [1.807, 2.05) is 0 Å². The fourth-order valence-corrected chi connectivity index (χ4v) is 3.01. The van der Waals surface area contributed by atoms with Gasteiger partial charge >= 0.3 is 0 Å². The molecule has 0 bridgehead atoms. The number of ether oxygens (including phenoxy) is 1. The number of nitrogens with one attached hydrogen (secondary N) is 2. The molecule has 0 saturated heterocycles. The molecule has 1 rings (SSSR count). The van der Waals surface area contributed by atoms with Crippen molar-refractivity contribution >= 4 is 21.4 Å². The summed E-state index contributed by atoms with van der Waals surface area (Å²) in [5.41, 5.74) is 1.84. The summed E-state index contributed by atoms with van der Waals surface area (Å²) in [6.07, 6.45) is 0. The van der Waals surface area contributed by atoms with Crippen LogP contribution in [0.5, 0.6) is 0 Å². The predicted octanol–water partition coefficient (Wildman–Crippen LogP) is 0.584. The first-order valence-corrected chi connectivity index (χ1v) is 7.65. The molecule has 1 aromatic rings. The van der Waals surface area contributed by atoms with Gasteiger partial charge in [-0.3, -0.25) is 16.0 Å². The van der Waals surface area contributed by atoms with Crippen LogP contribution in [0.15, 0.2) is 23.1 Å². The quantitative estimate of drug-likeness (QED) is 0.362. The average molecular weight is 318 g/mol. The first-order valence-electron chi connectivity index (χ1n) is 6.17. The van der Waals surface area contributed by atoms with Crippen LogP contribution in [0, 0.1) is 10.1 Å². The molecule has 4 N–H and O–H groups in total. The van der Waals surface area contributed by atoms with Gasteiger partial charge in [0, 0.05) is 24.8 Å². The van der Waals surface area contributed by atoms with E-state index in [0.29, 0.717) is 6.61 Å². The Morgan fingerprint density at radius 2 is 2.14 bits per heavy atom. The minimum atomic E-state index is -3.87. The lowest BCUT2D eigenvalue weighted by Gasteiger charge is -2.15. The lowest BCUT2D eigenvalue weighted by atomic mass is 10.3. The SMILES string of the molecule is CCOCC(C)NS(=O)(=O)c1ccc([N+](=O)[O-])cc1NN. The van der Waals surface area contributed by atoms with Crippen molar-refractivity contribution in [2.45, 2.75) is 24.8 Å². The number of hydrogen-bond donors (Lipinski definition) is 3. The Labute approximate surface area is 122 Å². The van der Waals surface area contributed by atoms with Crippen molar-refractivity contribution < 1.29 is 18.1 Å². The Balaban J connectivity index is 3.05. The van der Waals surface area contributed by atoms with E-state index in [1.165, 1.54) is 0 Å². The number of nitro groups is 1. The highest BCUT2D eigenvalue weighted by atomic mass is 32.2. The Morgan fingerprint density at radius 3 is 2.67 bits per heavy atom. The molecular formula is C11H18N4O5S. The van der Waals surface area contributed by atoms with Crippen molar-refractivity contribution in [3.05, 3.63) is 28.3 Å². The Bertz CT molecular complexity index is 605. The zero-order valence-electron chi connectivity index (χ0n) is 11.7. The molecule has 21 heavy (non-hydrogen) atoms. The Kier molecular flexibility index (Phi) is 6.03. The summed E-state index contributed by atoms with van der Waals surface area (Å²) in [6.45, 7) is 4.13. The molecule has 10 heteroatoms. The molecule has 118 valence electrons. The second-order valence-electron chi connectivity index (χ2n) is 4.26. The van der Waals surface area contributed by atoms with Gasteiger partial charge < -0.3 is 10.2 Å². The van der Waals surface area contributed by atoms with Crippen LogP contribution in [0.25, 0.3) is 0 Å². The standard InChI is InChI=1S/C11H18N4O5S/c1-3-20-7-8(2)14-21(18,19)11-5-4-9(15(16)17)6-10(11)13-12/h4-6,8,13-14H,3,7,12H2,1-2H3. The van der Waals surface area contributed by atoms with Crippen LogP contribution in [-0.2, 0) is 14.8 Å². The first-order chi connectivity index (χ1) is 9.81. The highest BCUT2D eigenvalue weighted by Crippen LogP contribution is 2.25. The summed E-state index contributed by atoms with van der Waals surface area (Å²) in [5, 5.41) is 10.7. The molecule has 0 aliphatic heterocycles. The lowest BCUT2D eigenvalue weighted by molar-refractivity contribution is -0.384. The molecule has 0 fully saturated rings. The lowest BCUT2D eigenvalue weighted by Crippen LogP contribution is -2.36. The second-order valence-corrected chi connectivity index (χ2v) is 5.95. The molecule has 0 saturated carbocycles. The molecular weight excluding hydrogens is 300 g/mol. The van der Waals surface area contributed by atoms with E-state index < -0.39 is 21.0 Å². The van der Waals surface area contributed by atoms with Crippen LogP contribution in [0.1, 0.15) is 13.8 Å². The minimum Gasteiger partial charge on any atom is -0.380 e. The largest absolute Gasteiger partial charge is 0.380 e. The zero-order valence-corrected chi connectivity index (χ0v) is 12.5. The Morgan fingerprint density at radius 1 is 1.48 bits per heavy atom. The van der Waals surface area contributed by atoms with Crippen LogP contribution in [0.2, 0.25) is 0 Å². The fraction of sp³-hybridized carbons (Fsp3) is 0.455. The summed E-state index contributed by atoms with van der Waals surface area (Å²) in [6, 6.07) is 2.84. The number of hydrazine groups is 1. The van der Waals surface area contributed by atoms with Gasteiger partial charge in [0.1, 0.15) is 4.90 Å². The van der Waals surface area contributed by atoms with Gasteiger partial charge in [-0.15, -0.1) is 0 Å². The predicted molar refractivity (Wildman–Crippen MR) is 77.2 cm³/mol. The Hall–Kier alpha value is -1.75. The number of nitro benzene ring substituents is 1. The van der Waals surface area contributed by atoms with E-state index in [-0.39, 0.29) is 22.9 Å². The third-order valence-electron chi connectivity index (χ3n) is 2.55. The molecule has 0 amide bonds. The maximum absolute atomic E-state index is 12.2. The van der Waals surface area contributed by atoms with Crippen LogP contribution in [-0.4, -0.2) is 32.6 Å². The van der Waals surface area contributed by atoms with E-state index in [9.17, 15) is 18.5 Å². The van der Waals surface area contributed by atoms with Gasteiger partial charge in [0.05, 0.1) is 17.2 Å². The van der Waals surface area contributed by atoms with E-state index in [4.69, 9.17) is 10.6 Å². The number of benzene rings is 1. The number of sulfonamides is 1. The molecule has 9 nitrogen and oxygen atoms in total. The summed E-state index contributed by atoms with van der Waals surface area (Å²) >= 11 is 0. The number of nitrogens with two attached hydrogens (primary N) is 1. The van der Waals surface area contributed by atoms with Crippen LogP contribution >= 0.6 is 0 Å². The van der Waals surface area contributed by atoms with Crippen molar-refractivity contribution in [3.8, 4) is 0 Å². The second kappa shape index (κ2) is 7.31. The molecule has 1 aromatic carbocycles. The van der Waals surface area contributed by atoms with Crippen molar-refractivity contribution in [2.24, 2.45) is 5.84 Å². The third kappa shape index (κ3) is 4.63. The van der Waals surface area contributed by atoms with E-state index in [0.717, 1.165) is 18.2 Å². The molecule has 0 heterocycles. The number of anilines is 1. The zero-order chi connectivity index (χ0) is 16.0. The summed E-state index contributed by atoms with van der Waals surface area (Å²) in [7, 11) is -3.87.